The maximum absolute atomic E-state index is 11.8. The summed E-state index contributed by atoms with van der Waals surface area (Å²) >= 11 is 0. The molecule has 0 unspecified atom stereocenters. The standard InChI is InChI=1S/C14H17NO5/c1-2-19-13(17)8-12(15-10-16)14(18)20-9-11-6-4-3-5-7-11/h3-7,10,12H,2,8-9H2,1H3,(H,15,16)/t12-/m0/s1. The van der Waals surface area contributed by atoms with Gasteiger partial charge in [-0.3, -0.25) is 9.59 Å². The molecule has 0 aromatic heterocycles. The minimum atomic E-state index is -1.03. The van der Waals surface area contributed by atoms with Crippen LogP contribution in [0.3, 0.4) is 0 Å². The van der Waals surface area contributed by atoms with Crippen LogP contribution in [0.2, 0.25) is 0 Å². The lowest BCUT2D eigenvalue weighted by Gasteiger charge is -2.14. The molecule has 6 nitrogen and oxygen atoms in total. The Morgan fingerprint density at radius 3 is 2.55 bits per heavy atom. The van der Waals surface area contributed by atoms with Gasteiger partial charge < -0.3 is 14.8 Å². The van der Waals surface area contributed by atoms with Gasteiger partial charge in [-0.1, -0.05) is 30.3 Å². The van der Waals surface area contributed by atoms with Gasteiger partial charge in [0.05, 0.1) is 13.0 Å². The number of ether oxygens (including phenoxy) is 2. The summed E-state index contributed by atoms with van der Waals surface area (Å²) in [7, 11) is 0. The molecule has 0 spiro atoms. The van der Waals surface area contributed by atoms with Crippen LogP contribution in [-0.2, 0) is 30.5 Å². The fraction of sp³-hybridized carbons (Fsp3) is 0.357. The van der Waals surface area contributed by atoms with Gasteiger partial charge in [-0.2, -0.15) is 0 Å². The van der Waals surface area contributed by atoms with E-state index in [0.717, 1.165) is 5.56 Å². The third-order valence-corrected chi connectivity index (χ3v) is 2.45. The number of amides is 1. The van der Waals surface area contributed by atoms with Gasteiger partial charge in [-0.25, -0.2) is 4.79 Å². The predicted octanol–water partition coefficient (Wildman–Crippen LogP) is 0.798. The number of esters is 2. The van der Waals surface area contributed by atoms with E-state index in [4.69, 9.17) is 9.47 Å². The Morgan fingerprint density at radius 2 is 1.95 bits per heavy atom. The number of carbonyl (C=O) groups is 3. The number of hydrogen-bond donors (Lipinski definition) is 1. The van der Waals surface area contributed by atoms with Gasteiger partial charge in [0.1, 0.15) is 12.6 Å². The van der Waals surface area contributed by atoms with Crippen LogP contribution >= 0.6 is 0 Å². The maximum Gasteiger partial charge on any atom is 0.329 e. The van der Waals surface area contributed by atoms with E-state index in [9.17, 15) is 14.4 Å². The Labute approximate surface area is 117 Å². The summed E-state index contributed by atoms with van der Waals surface area (Å²) in [6.45, 7) is 1.96. The van der Waals surface area contributed by atoms with E-state index in [1.54, 1.807) is 19.1 Å². The summed E-state index contributed by atoms with van der Waals surface area (Å²) in [6, 6.07) is 8.08. The van der Waals surface area contributed by atoms with Crippen molar-refractivity contribution < 1.29 is 23.9 Å². The molecule has 108 valence electrons. The monoisotopic (exact) mass is 279 g/mol. The topological polar surface area (TPSA) is 81.7 Å². The Kier molecular flexibility index (Phi) is 6.81. The molecule has 0 bridgehead atoms. The van der Waals surface area contributed by atoms with Crippen LogP contribution in [0.1, 0.15) is 18.9 Å². The molecule has 0 saturated heterocycles. The average Bonchev–Trinajstić information content (AvgIpc) is 2.45. The van der Waals surface area contributed by atoms with Gasteiger partial charge in [-0.15, -0.1) is 0 Å². The Hall–Kier alpha value is -2.37. The molecular formula is C14H17NO5. The zero-order valence-electron chi connectivity index (χ0n) is 11.2. The molecule has 0 fully saturated rings. The first-order valence-electron chi connectivity index (χ1n) is 6.23. The second-order valence-electron chi connectivity index (χ2n) is 3.94. The quantitative estimate of drug-likeness (QED) is 0.562. The summed E-state index contributed by atoms with van der Waals surface area (Å²) in [5, 5.41) is 2.25. The lowest BCUT2D eigenvalue weighted by atomic mass is 10.2. The highest BCUT2D eigenvalue weighted by molar-refractivity contribution is 5.84. The second-order valence-corrected chi connectivity index (χ2v) is 3.94. The molecule has 1 amide bonds. The molecule has 1 rings (SSSR count). The van der Waals surface area contributed by atoms with E-state index in [-0.39, 0.29) is 19.6 Å². The molecule has 1 N–H and O–H groups in total. The normalized spacial score (nSPS) is 11.2. The average molecular weight is 279 g/mol. The summed E-state index contributed by atoms with van der Waals surface area (Å²) in [5.74, 6) is -1.24. The van der Waals surface area contributed by atoms with Crippen LogP contribution in [0.25, 0.3) is 0 Å². The first kappa shape index (κ1) is 15.7. The molecule has 1 aromatic carbocycles. The molecule has 0 aliphatic carbocycles. The van der Waals surface area contributed by atoms with Gasteiger partial charge >= 0.3 is 11.9 Å². The molecule has 0 radical (unpaired) electrons. The number of rotatable bonds is 8. The predicted molar refractivity (Wildman–Crippen MR) is 70.5 cm³/mol. The van der Waals surface area contributed by atoms with Crippen molar-refractivity contribution >= 4 is 18.3 Å². The smallest absolute Gasteiger partial charge is 0.329 e. The Balaban J connectivity index is 2.51. The lowest BCUT2D eigenvalue weighted by molar-refractivity contribution is -0.153. The molecule has 20 heavy (non-hydrogen) atoms. The second kappa shape index (κ2) is 8.68. The van der Waals surface area contributed by atoms with Crippen molar-refractivity contribution in [1.82, 2.24) is 5.32 Å². The van der Waals surface area contributed by atoms with Gasteiger partial charge in [0.15, 0.2) is 0 Å². The van der Waals surface area contributed by atoms with E-state index in [2.05, 4.69) is 5.32 Å². The van der Waals surface area contributed by atoms with Crippen molar-refractivity contribution in [3.8, 4) is 0 Å². The van der Waals surface area contributed by atoms with Crippen molar-refractivity contribution in [2.75, 3.05) is 6.61 Å². The number of nitrogens with one attached hydrogen (secondary N) is 1. The highest BCUT2D eigenvalue weighted by Gasteiger charge is 2.23. The molecular weight excluding hydrogens is 262 g/mol. The molecule has 1 atom stereocenters. The highest BCUT2D eigenvalue weighted by Crippen LogP contribution is 2.04. The molecule has 1 aromatic rings. The van der Waals surface area contributed by atoms with E-state index in [0.29, 0.717) is 6.41 Å². The first-order valence-corrected chi connectivity index (χ1v) is 6.23. The molecule has 0 heterocycles. The molecule has 0 aliphatic heterocycles. The minimum absolute atomic E-state index is 0.0829. The van der Waals surface area contributed by atoms with Gasteiger partial charge in [0, 0.05) is 0 Å². The summed E-state index contributed by atoms with van der Waals surface area (Å²) in [4.78, 5) is 33.6. The minimum Gasteiger partial charge on any atom is -0.466 e. The zero-order valence-corrected chi connectivity index (χ0v) is 11.2. The van der Waals surface area contributed by atoms with E-state index < -0.39 is 18.0 Å². The molecule has 6 heteroatoms. The third kappa shape index (κ3) is 5.51. The van der Waals surface area contributed by atoms with Crippen LogP contribution in [0.5, 0.6) is 0 Å². The summed E-state index contributed by atoms with van der Waals surface area (Å²) < 4.78 is 9.78. The number of carbonyl (C=O) groups excluding carboxylic acids is 3. The van der Waals surface area contributed by atoms with Crippen molar-refractivity contribution in [3.63, 3.8) is 0 Å². The number of benzene rings is 1. The summed E-state index contributed by atoms with van der Waals surface area (Å²) in [5.41, 5.74) is 0.821. The van der Waals surface area contributed by atoms with Crippen LogP contribution in [0.15, 0.2) is 30.3 Å². The van der Waals surface area contributed by atoms with Gasteiger partial charge in [-0.05, 0) is 12.5 Å². The van der Waals surface area contributed by atoms with E-state index in [1.165, 1.54) is 0 Å². The fourth-order valence-corrected chi connectivity index (χ4v) is 1.51. The SMILES string of the molecule is CCOC(=O)C[C@H](NC=O)C(=O)OCc1ccccc1. The maximum atomic E-state index is 11.8. The Bertz CT molecular complexity index is 446. The zero-order chi connectivity index (χ0) is 14.8. The largest absolute Gasteiger partial charge is 0.466 e. The first-order chi connectivity index (χ1) is 9.67. The van der Waals surface area contributed by atoms with Crippen LogP contribution in [-0.4, -0.2) is 31.0 Å². The van der Waals surface area contributed by atoms with Crippen molar-refractivity contribution in [2.24, 2.45) is 0 Å². The summed E-state index contributed by atoms with van der Waals surface area (Å²) in [6.07, 6.45) is 0.105. The lowest BCUT2D eigenvalue weighted by Crippen LogP contribution is -2.39. The van der Waals surface area contributed by atoms with Crippen molar-refractivity contribution in [3.05, 3.63) is 35.9 Å². The molecule has 0 aliphatic rings. The van der Waals surface area contributed by atoms with Crippen LogP contribution in [0.4, 0.5) is 0 Å². The molecule has 0 saturated carbocycles. The van der Waals surface area contributed by atoms with E-state index in [1.807, 2.05) is 18.2 Å². The van der Waals surface area contributed by atoms with Crippen molar-refractivity contribution in [2.45, 2.75) is 26.0 Å². The van der Waals surface area contributed by atoms with Gasteiger partial charge in [0.2, 0.25) is 6.41 Å². The fourth-order valence-electron chi connectivity index (χ4n) is 1.51. The third-order valence-electron chi connectivity index (χ3n) is 2.45. The van der Waals surface area contributed by atoms with E-state index >= 15 is 0 Å². The van der Waals surface area contributed by atoms with Gasteiger partial charge in [0.25, 0.3) is 0 Å². The Morgan fingerprint density at radius 1 is 1.25 bits per heavy atom. The van der Waals surface area contributed by atoms with Crippen molar-refractivity contribution in [1.29, 1.82) is 0 Å². The number of hydrogen-bond acceptors (Lipinski definition) is 5. The highest BCUT2D eigenvalue weighted by atomic mass is 16.5. The van der Waals surface area contributed by atoms with Crippen LogP contribution < -0.4 is 5.32 Å². The van der Waals surface area contributed by atoms with Crippen LogP contribution in [0, 0.1) is 0 Å².